The largest absolute Gasteiger partial charge is 0.387 e. The Kier molecular flexibility index (Phi) is 4.37. The van der Waals surface area contributed by atoms with E-state index < -0.39 is 10.0 Å². The van der Waals surface area contributed by atoms with Gasteiger partial charge in [-0.25, -0.2) is 13.1 Å². The Bertz CT molecular complexity index is 536. The van der Waals surface area contributed by atoms with Crippen molar-refractivity contribution < 1.29 is 8.42 Å². The summed E-state index contributed by atoms with van der Waals surface area (Å²) in [6.07, 6.45) is 8.31. The van der Waals surface area contributed by atoms with Crippen molar-refractivity contribution in [3.63, 3.8) is 0 Å². The molecule has 1 fully saturated rings. The third-order valence-electron chi connectivity index (χ3n) is 3.63. The van der Waals surface area contributed by atoms with Gasteiger partial charge in [0.05, 0.1) is 5.69 Å². The van der Waals surface area contributed by atoms with Crippen molar-refractivity contribution in [2.75, 3.05) is 25.2 Å². The van der Waals surface area contributed by atoms with Crippen molar-refractivity contribution in [3.05, 3.63) is 18.5 Å². The number of hydrogen-bond acceptors (Lipinski definition) is 5. The minimum atomic E-state index is -3.51. The van der Waals surface area contributed by atoms with Crippen molar-refractivity contribution in [2.24, 2.45) is 0 Å². The predicted molar refractivity (Wildman–Crippen MR) is 79.1 cm³/mol. The normalized spacial score (nSPS) is 17.8. The summed E-state index contributed by atoms with van der Waals surface area (Å²) < 4.78 is 27.4. The Morgan fingerprint density at radius 3 is 2.74 bits per heavy atom. The first-order valence-corrected chi connectivity index (χ1v) is 8.90. The molecule has 5 nitrogen and oxygen atoms in total. The number of anilines is 1. The van der Waals surface area contributed by atoms with E-state index in [4.69, 9.17) is 0 Å². The van der Waals surface area contributed by atoms with Crippen molar-refractivity contribution in [1.29, 1.82) is 0 Å². The summed E-state index contributed by atoms with van der Waals surface area (Å²) in [6.45, 7) is 0.481. The highest BCUT2D eigenvalue weighted by molar-refractivity contribution is 8.00. The lowest BCUT2D eigenvalue weighted by Gasteiger charge is -2.40. The lowest BCUT2D eigenvalue weighted by molar-refractivity contribution is 0.362. The number of thioether (sulfide) groups is 1. The van der Waals surface area contributed by atoms with Crippen LogP contribution in [-0.4, -0.2) is 38.0 Å². The van der Waals surface area contributed by atoms with Crippen molar-refractivity contribution >= 4 is 27.5 Å². The highest BCUT2D eigenvalue weighted by Gasteiger charge is 2.37. The van der Waals surface area contributed by atoms with Crippen LogP contribution in [0.2, 0.25) is 0 Å². The zero-order valence-corrected chi connectivity index (χ0v) is 12.8. The van der Waals surface area contributed by atoms with E-state index in [1.807, 2.05) is 6.26 Å². The molecular weight excluding hydrogens is 282 g/mol. The first-order chi connectivity index (χ1) is 9.03. The minimum Gasteiger partial charge on any atom is -0.387 e. The summed E-state index contributed by atoms with van der Waals surface area (Å²) in [5.74, 6) is 0. The van der Waals surface area contributed by atoms with Gasteiger partial charge in [0.2, 0.25) is 10.0 Å². The lowest BCUT2D eigenvalue weighted by Crippen LogP contribution is -2.45. The van der Waals surface area contributed by atoms with Gasteiger partial charge in [-0.1, -0.05) is 6.42 Å². The maximum absolute atomic E-state index is 12.3. The maximum Gasteiger partial charge on any atom is 0.244 e. The summed E-state index contributed by atoms with van der Waals surface area (Å²) >= 11 is 1.75. The molecule has 1 aromatic heterocycles. The monoisotopic (exact) mass is 301 g/mol. The standard InChI is InChI=1S/C12H19N3O2S2/c1-13-10-4-7-14-8-11(10)19(16,17)15-9-12(18-2)5-3-6-12/h4,7-8,15H,3,5-6,9H2,1-2H3,(H,13,14). The van der Waals surface area contributed by atoms with E-state index in [2.05, 4.69) is 15.0 Å². The number of nitrogens with one attached hydrogen (secondary N) is 2. The molecule has 0 bridgehead atoms. The number of nitrogens with zero attached hydrogens (tertiary/aromatic N) is 1. The Morgan fingerprint density at radius 1 is 1.47 bits per heavy atom. The molecule has 0 amide bonds. The molecule has 1 aliphatic carbocycles. The minimum absolute atomic E-state index is 0.0785. The third-order valence-corrected chi connectivity index (χ3v) is 6.47. The summed E-state index contributed by atoms with van der Waals surface area (Å²) in [6, 6.07) is 1.66. The van der Waals surface area contributed by atoms with Crippen LogP contribution >= 0.6 is 11.8 Å². The molecule has 7 heteroatoms. The van der Waals surface area contributed by atoms with Gasteiger partial charge in [-0.2, -0.15) is 11.8 Å². The van der Waals surface area contributed by atoms with Gasteiger partial charge in [0.15, 0.2) is 0 Å². The fraction of sp³-hybridized carbons (Fsp3) is 0.583. The molecule has 0 atom stereocenters. The van der Waals surface area contributed by atoms with Crippen LogP contribution in [-0.2, 0) is 10.0 Å². The van der Waals surface area contributed by atoms with Gasteiger partial charge in [0.25, 0.3) is 0 Å². The van der Waals surface area contributed by atoms with E-state index in [0.717, 1.165) is 12.8 Å². The second-order valence-electron chi connectivity index (χ2n) is 4.69. The number of pyridine rings is 1. The lowest BCUT2D eigenvalue weighted by atomic mass is 9.84. The van der Waals surface area contributed by atoms with Crippen LogP contribution in [0.5, 0.6) is 0 Å². The first-order valence-electron chi connectivity index (χ1n) is 6.20. The van der Waals surface area contributed by atoms with E-state index in [9.17, 15) is 8.42 Å². The van der Waals surface area contributed by atoms with Crippen LogP contribution in [0.15, 0.2) is 23.4 Å². The molecule has 0 aliphatic heterocycles. The zero-order chi connectivity index (χ0) is 13.9. The predicted octanol–water partition coefficient (Wildman–Crippen LogP) is 1.69. The average Bonchev–Trinajstić information content (AvgIpc) is 2.38. The van der Waals surface area contributed by atoms with Crippen LogP contribution in [0.1, 0.15) is 19.3 Å². The van der Waals surface area contributed by atoms with Gasteiger partial charge in [0, 0.05) is 30.7 Å². The fourth-order valence-electron chi connectivity index (χ4n) is 2.13. The van der Waals surface area contributed by atoms with Crippen molar-refractivity contribution in [3.8, 4) is 0 Å². The van der Waals surface area contributed by atoms with Gasteiger partial charge in [-0.05, 0) is 25.2 Å². The SMILES string of the molecule is CNc1ccncc1S(=O)(=O)NCC1(SC)CCC1. The number of hydrogen-bond donors (Lipinski definition) is 2. The molecular formula is C12H19N3O2S2. The Labute approximate surface area is 118 Å². The third kappa shape index (κ3) is 3.04. The summed E-state index contributed by atoms with van der Waals surface area (Å²) in [4.78, 5) is 4.10. The second-order valence-corrected chi connectivity index (χ2v) is 7.70. The van der Waals surface area contributed by atoms with Crippen LogP contribution in [0.25, 0.3) is 0 Å². The zero-order valence-electron chi connectivity index (χ0n) is 11.1. The molecule has 0 unspecified atom stereocenters. The van der Waals surface area contributed by atoms with Crippen molar-refractivity contribution in [2.45, 2.75) is 28.9 Å². The van der Waals surface area contributed by atoms with E-state index >= 15 is 0 Å². The van der Waals surface area contributed by atoms with Gasteiger partial charge in [-0.3, -0.25) is 4.98 Å². The smallest absolute Gasteiger partial charge is 0.244 e. The second kappa shape index (κ2) is 5.68. The molecule has 106 valence electrons. The van der Waals surface area contributed by atoms with Gasteiger partial charge in [-0.15, -0.1) is 0 Å². The molecule has 1 aromatic rings. The van der Waals surface area contributed by atoms with Gasteiger partial charge < -0.3 is 5.32 Å². The molecule has 0 radical (unpaired) electrons. The summed E-state index contributed by atoms with van der Waals surface area (Å²) in [5, 5.41) is 2.88. The molecule has 0 saturated heterocycles. The molecule has 0 spiro atoms. The quantitative estimate of drug-likeness (QED) is 0.836. The van der Waals surface area contributed by atoms with Gasteiger partial charge >= 0.3 is 0 Å². The van der Waals surface area contributed by atoms with Crippen LogP contribution in [0.3, 0.4) is 0 Å². The molecule has 2 N–H and O–H groups in total. The van der Waals surface area contributed by atoms with Crippen LogP contribution in [0.4, 0.5) is 5.69 Å². The highest BCUT2D eigenvalue weighted by atomic mass is 32.2. The van der Waals surface area contributed by atoms with Gasteiger partial charge in [0.1, 0.15) is 4.90 Å². The Morgan fingerprint density at radius 2 is 2.21 bits per heavy atom. The molecule has 0 aromatic carbocycles. The van der Waals surface area contributed by atoms with E-state index in [-0.39, 0.29) is 9.64 Å². The van der Waals surface area contributed by atoms with Crippen LogP contribution < -0.4 is 10.0 Å². The number of rotatable bonds is 6. The molecule has 1 aliphatic rings. The van der Waals surface area contributed by atoms with E-state index in [0.29, 0.717) is 12.2 Å². The Balaban J connectivity index is 2.14. The van der Waals surface area contributed by atoms with E-state index in [1.54, 1.807) is 31.1 Å². The fourth-order valence-corrected chi connectivity index (χ4v) is 4.41. The Hall–Kier alpha value is -0.790. The summed E-state index contributed by atoms with van der Waals surface area (Å²) in [5.41, 5.74) is 0.564. The highest BCUT2D eigenvalue weighted by Crippen LogP contribution is 2.42. The van der Waals surface area contributed by atoms with Crippen molar-refractivity contribution in [1.82, 2.24) is 9.71 Å². The number of sulfonamides is 1. The summed E-state index contributed by atoms with van der Waals surface area (Å²) in [7, 11) is -1.81. The topological polar surface area (TPSA) is 71.1 Å². The number of aromatic nitrogens is 1. The molecule has 1 saturated carbocycles. The molecule has 1 heterocycles. The van der Waals surface area contributed by atoms with E-state index in [1.165, 1.54) is 12.6 Å². The first kappa shape index (κ1) is 14.6. The maximum atomic E-state index is 12.3. The van der Waals surface area contributed by atoms with Crippen LogP contribution in [0, 0.1) is 0 Å². The molecule has 19 heavy (non-hydrogen) atoms. The average molecular weight is 301 g/mol. The molecule has 2 rings (SSSR count).